The fraction of sp³-hybridized carbons (Fsp3) is 0.538. The molecule has 1 unspecified atom stereocenters. The van der Waals surface area contributed by atoms with Gasteiger partial charge in [-0.3, -0.25) is 14.7 Å². The maximum absolute atomic E-state index is 11.3. The monoisotopic (exact) mass is 251 g/mol. The summed E-state index contributed by atoms with van der Waals surface area (Å²) in [6.45, 7) is 2.71. The maximum atomic E-state index is 11.3. The molecule has 0 saturated heterocycles. The van der Waals surface area contributed by atoms with Gasteiger partial charge in [-0.05, 0) is 20.0 Å². The van der Waals surface area contributed by atoms with Crippen molar-refractivity contribution in [2.75, 3.05) is 21.2 Å². The first-order valence-corrected chi connectivity index (χ1v) is 5.96. The molecule has 1 atom stereocenters. The van der Waals surface area contributed by atoms with Gasteiger partial charge in [0.2, 0.25) is 5.91 Å². The van der Waals surface area contributed by atoms with E-state index in [1.165, 1.54) is 0 Å². The highest BCUT2D eigenvalue weighted by molar-refractivity contribution is 5.76. The number of hydrogen-bond acceptors (Lipinski definition) is 4. The van der Waals surface area contributed by atoms with Crippen LogP contribution in [-0.4, -0.2) is 43.0 Å². The van der Waals surface area contributed by atoms with Crippen LogP contribution < -0.4 is 10.1 Å². The van der Waals surface area contributed by atoms with Crippen LogP contribution in [0.15, 0.2) is 18.3 Å². The van der Waals surface area contributed by atoms with Crippen LogP contribution >= 0.6 is 0 Å². The van der Waals surface area contributed by atoms with Gasteiger partial charge in [-0.2, -0.15) is 0 Å². The zero-order chi connectivity index (χ0) is 13.5. The molecule has 1 aromatic rings. The Balaban J connectivity index is 2.57. The highest BCUT2D eigenvalue weighted by Gasteiger charge is 2.13. The van der Waals surface area contributed by atoms with Crippen LogP contribution in [0.4, 0.5) is 0 Å². The van der Waals surface area contributed by atoms with Crippen LogP contribution in [-0.2, 0) is 11.3 Å². The van der Waals surface area contributed by atoms with Gasteiger partial charge in [-0.1, -0.05) is 0 Å². The molecule has 0 radical (unpaired) electrons. The Morgan fingerprint density at radius 3 is 2.94 bits per heavy atom. The van der Waals surface area contributed by atoms with Gasteiger partial charge in [0.15, 0.2) is 0 Å². The maximum Gasteiger partial charge on any atom is 0.221 e. The van der Waals surface area contributed by atoms with E-state index in [-0.39, 0.29) is 11.9 Å². The average Bonchev–Trinajstić information content (AvgIpc) is 2.38. The Morgan fingerprint density at radius 1 is 1.61 bits per heavy atom. The van der Waals surface area contributed by atoms with E-state index >= 15 is 0 Å². The van der Waals surface area contributed by atoms with Gasteiger partial charge in [0, 0.05) is 38.3 Å². The van der Waals surface area contributed by atoms with Gasteiger partial charge in [0.1, 0.15) is 5.75 Å². The summed E-state index contributed by atoms with van der Waals surface area (Å²) in [6.07, 6.45) is 2.21. The number of ether oxygens (including phenoxy) is 1. The number of aromatic nitrogens is 1. The SMILES string of the molecule is CNC(=O)CC(C)N(C)Cc1cc(OC)ccn1. The minimum absolute atomic E-state index is 0.0490. The van der Waals surface area contributed by atoms with Crippen molar-refractivity contribution in [3.63, 3.8) is 0 Å². The Hall–Kier alpha value is -1.62. The smallest absolute Gasteiger partial charge is 0.221 e. The molecule has 0 bridgehead atoms. The van der Waals surface area contributed by atoms with E-state index in [2.05, 4.69) is 15.2 Å². The Morgan fingerprint density at radius 2 is 2.33 bits per heavy atom. The summed E-state index contributed by atoms with van der Waals surface area (Å²) in [6, 6.07) is 3.89. The highest BCUT2D eigenvalue weighted by atomic mass is 16.5. The molecule has 18 heavy (non-hydrogen) atoms. The predicted octanol–water partition coefficient (Wildman–Crippen LogP) is 1.05. The Bertz CT molecular complexity index is 396. The van der Waals surface area contributed by atoms with E-state index in [1.54, 1.807) is 20.4 Å². The lowest BCUT2D eigenvalue weighted by atomic mass is 10.2. The molecule has 100 valence electrons. The molecule has 1 aromatic heterocycles. The van der Waals surface area contributed by atoms with Crippen LogP contribution in [0.25, 0.3) is 0 Å². The summed E-state index contributed by atoms with van der Waals surface area (Å²) in [5.41, 5.74) is 0.931. The summed E-state index contributed by atoms with van der Waals surface area (Å²) in [4.78, 5) is 17.7. The molecule has 0 fully saturated rings. The molecule has 1 heterocycles. The summed E-state index contributed by atoms with van der Waals surface area (Å²) >= 11 is 0. The second kappa shape index (κ2) is 6.96. The van der Waals surface area contributed by atoms with Crippen LogP contribution in [0.5, 0.6) is 5.75 Å². The number of methoxy groups -OCH3 is 1. The first-order chi connectivity index (χ1) is 8.56. The second-order valence-electron chi connectivity index (χ2n) is 4.33. The fourth-order valence-corrected chi connectivity index (χ4v) is 1.61. The molecular formula is C13H21N3O2. The molecule has 5 nitrogen and oxygen atoms in total. The summed E-state index contributed by atoms with van der Waals surface area (Å²) in [5, 5.41) is 2.63. The van der Waals surface area contributed by atoms with Crippen molar-refractivity contribution >= 4 is 5.91 Å². The van der Waals surface area contributed by atoms with Gasteiger partial charge in [-0.15, -0.1) is 0 Å². The first-order valence-electron chi connectivity index (χ1n) is 5.96. The van der Waals surface area contributed by atoms with Crippen LogP contribution in [0.3, 0.4) is 0 Å². The number of carbonyl (C=O) groups is 1. The molecule has 0 saturated carbocycles. The third-order valence-electron chi connectivity index (χ3n) is 2.95. The number of pyridine rings is 1. The Labute approximate surface area is 108 Å². The van der Waals surface area contributed by atoms with Crippen LogP contribution in [0.1, 0.15) is 19.0 Å². The number of hydrogen-bond donors (Lipinski definition) is 1. The first kappa shape index (κ1) is 14.4. The lowest BCUT2D eigenvalue weighted by molar-refractivity contribution is -0.121. The molecule has 0 spiro atoms. The van der Waals surface area contributed by atoms with Crippen molar-refractivity contribution in [3.8, 4) is 5.75 Å². The number of amides is 1. The normalized spacial score (nSPS) is 12.3. The molecule has 1 amide bonds. The topological polar surface area (TPSA) is 54.5 Å². The van der Waals surface area contributed by atoms with Gasteiger partial charge in [0.25, 0.3) is 0 Å². The Kier molecular flexibility index (Phi) is 5.58. The van der Waals surface area contributed by atoms with Crippen molar-refractivity contribution in [1.29, 1.82) is 0 Å². The van der Waals surface area contributed by atoms with Gasteiger partial charge < -0.3 is 10.1 Å². The molecule has 1 rings (SSSR count). The number of carbonyl (C=O) groups excluding carboxylic acids is 1. The van der Waals surface area contributed by atoms with E-state index in [9.17, 15) is 4.79 Å². The van der Waals surface area contributed by atoms with Crippen LogP contribution in [0.2, 0.25) is 0 Å². The van der Waals surface area contributed by atoms with E-state index in [1.807, 2.05) is 26.1 Å². The minimum Gasteiger partial charge on any atom is -0.497 e. The zero-order valence-corrected chi connectivity index (χ0v) is 11.4. The van der Waals surface area contributed by atoms with Gasteiger partial charge >= 0.3 is 0 Å². The molecule has 1 N–H and O–H groups in total. The zero-order valence-electron chi connectivity index (χ0n) is 11.4. The molecule has 5 heteroatoms. The fourth-order valence-electron chi connectivity index (χ4n) is 1.61. The minimum atomic E-state index is 0.0490. The van der Waals surface area contributed by atoms with Crippen molar-refractivity contribution in [3.05, 3.63) is 24.0 Å². The molecule has 0 aliphatic rings. The lowest BCUT2D eigenvalue weighted by Crippen LogP contribution is -2.34. The summed E-state index contributed by atoms with van der Waals surface area (Å²) < 4.78 is 5.16. The highest BCUT2D eigenvalue weighted by Crippen LogP contribution is 2.13. The van der Waals surface area contributed by atoms with E-state index < -0.39 is 0 Å². The number of rotatable bonds is 6. The van der Waals surface area contributed by atoms with Gasteiger partial charge in [0.05, 0.1) is 12.8 Å². The summed E-state index contributed by atoms with van der Waals surface area (Å²) in [7, 11) is 5.27. The third kappa shape index (κ3) is 4.33. The van der Waals surface area contributed by atoms with Crippen molar-refractivity contribution in [1.82, 2.24) is 15.2 Å². The van der Waals surface area contributed by atoms with Crippen molar-refractivity contribution < 1.29 is 9.53 Å². The average molecular weight is 251 g/mol. The molecule has 0 aliphatic heterocycles. The molecule has 0 aliphatic carbocycles. The van der Waals surface area contributed by atoms with E-state index in [0.717, 1.165) is 11.4 Å². The van der Waals surface area contributed by atoms with E-state index in [4.69, 9.17) is 4.74 Å². The lowest BCUT2D eigenvalue weighted by Gasteiger charge is -2.23. The van der Waals surface area contributed by atoms with Crippen molar-refractivity contribution in [2.24, 2.45) is 0 Å². The van der Waals surface area contributed by atoms with Gasteiger partial charge in [-0.25, -0.2) is 0 Å². The number of nitrogens with zero attached hydrogens (tertiary/aromatic N) is 2. The second-order valence-corrected chi connectivity index (χ2v) is 4.33. The number of nitrogens with one attached hydrogen (secondary N) is 1. The molecule has 0 aromatic carbocycles. The molecular weight excluding hydrogens is 230 g/mol. The standard InChI is InChI=1S/C13H21N3O2/c1-10(7-13(17)14-2)16(3)9-11-8-12(18-4)5-6-15-11/h5-6,8,10H,7,9H2,1-4H3,(H,14,17). The quantitative estimate of drug-likeness (QED) is 0.821. The largest absolute Gasteiger partial charge is 0.497 e. The van der Waals surface area contributed by atoms with E-state index in [0.29, 0.717) is 13.0 Å². The van der Waals surface area contributed by atoms with Crippen LogP contribution in [0, 0.1) is 0 Å². The third-order valence-corrected chi connectivity index (χ3v) is 2.95. The summed E-state index contributed by atoms with van der Waals surface area (Å²) in [5.74, 6) is 0.848. The predicted molar refractivity (Wildman–Crippen MR) is 70.4 cm³/mol. The van der Waals surface area contributed by atoms with Crippen molar-refractivity contribution in [2.45, 2.75) is 25.9 Å².